The topological polar surface area (TPSA) is 49.4 Å². The first-order valence-electron chi connectivity index (χ1n) is 8.09. The van der Waals surface area contributed by atoms with Crippen LogP contribution in [0.15, 0.2) is 0 Å². The minimum atomic E-state index is -0.758. The van der Waals surface area contributed by atoms with Crippen molar-refractivity contribution in [3.63, 3.8) is 0 Å². The van der Waals surface area contributed by atoms with Crippen molar-refractivity contribution in [2.75, 3.05) is 6.54 Å². The number of carbonyl (C=O) groups excluding carboxylic acids is 2. The zero-order valence-electron chi connectivity index (χ0n) is 13.1. The average molecular weight is 280 g/mol. The third-order valence-corrected chi connectivity index (χ3v) is 4.81. The molecule has 0 aromatic rings. The first-order chi connectivity index (χ1) is 9.44. The summed E-state index contributed by atoms with van der Waals surface area (Å²) in [6, 6.07) is 0. The Balaban J connectivity index is 2.25. The van der Waals surface area contributed by atoms with E-state index < -0.39 is 11.1 Å². The lowest BCUT2D eigenvalue weighted by Crippen LogP contribution is -2.74. The van der Waals surface area contributed by atoms with E-state index in [1.807, 2.05) is 18.7 Å². The summed E-state index contributed by atoms with van der Waals surface area (Å²) in [5.74, 6) is 0.161. The van der Waals surface area contributed by atoms with E-state index in [2.05, 4.69) is 12.2 Å². The highest BCUT2D eigenvalue weighted by atomic mass is 16.2. The summed E-state index contributed by atoms with van der Waals surface area (Å²) >= 11 is 0. The highest BCUT2D eigenvalue weighted by Crippen LogP contribution is 2.38. The summed E-state index contributed by atoms with van der Waals surface area (Å²) < 4.78 is 0. The van der Waals surface area contributed by atoms with E-state index in [1.54, 1.807) is 0 Å². The van der Waals surface area contributed by atoms with Gasteiger partial charge in [-0.2, -0.15) is 0 Å². The van der Waals surface area contributed by atoms with E-state index in [-0.39, 0.29) is 11.8 Å². The molecule has 1 aliphatic heterocycles. The van der Waals surface area contributed by atoms with Crippen molar-refractivity contribution >= 4 is 11.8 Å². The van der Waals surface area contributed by atoms with Gasteiger partial charge in [-0.3, -0.25) is 9.59 Å². The van der Waals surface area contributed by atoms with E-state index >= 15 is 0 Å². The van der Waals surface area contributed by atoms with Gasteiger partial charge in [-0.05, 0) is 33.1 Å². The normalized spacial score (nSPS) is 24.9. The van der Waals surface area contributed by atoms with Gasteiger partial charge in [0.05, 0.1) is 0 Å². The van der Waals surface area contributed by atoms with Crippen LogP contribution in [0.2, 0.25) is 0 Å². The van der Waals surface area contributed by atoms with Crippen LogP contribution in [-0.2, 0) is 9.59 Å². The smallest absolute Gasteiger partial charge is 0.248 e. The molecular weight excluding hydrogens is 252 g/mol. The van der Waals surface area contributed by atoms with Crippen LogP contribution in [-0.4, -0.2) is 34.3 Å². The molecular formula is C16H28N2O2. The molecule has 114 valence electrons. The summed E-state index contributed by atoms with van der Waals surface area (Å²) in [5.41, 5.74) is -1.31. The highest BCUT2D eigenvalue weighted by molar-refractivity contribution is 6.01. The molecule has 2 amide bonds. The van der Waals surface area contributed by atoms with Gasteiger partial charge in [-0.25, -0.2) is 0 Å². The lowest BCUT2D eigenvalue weighted by molar-refractivity contribution is -0.164. The van der Waals surface area contributed by atoms with Crippen molar-refractivity contribution in [1.82, 2.24) is 10.2 Å². The number of hydrogen-bond donors (Lipinski definition) is 1. The van der Waals surface area contributed by atoms with Gasteiger partial charge in [0.1, 0.15) is 11.1 Å². The van der Waals surface area contributed by atoms with Gasteiger partial charge in [0, 0.05) is 6.54 Å². The molecule has 1 aliphatic carbocycles. The van der Waals surface area contributed by atoms with Crippen LogP contribution in [0.5, 0.6) is 0 Å². The molecule has 1 saturated heterocycles. The van der Waals surface area contributed by atoms with E-state index in [1.165, 1.54) is 6.42 Å². The predicted octanol–water partition coefficient (Wildman–Crippen LogP) is 2.62. The Morgan fingerprint density at radius 3 is 2.35 bits per heavy atom. The third kappa shape index (κ3) is 2.57. The third-order valence-electron chi connectivity index (χ3n) is 4.81. The Morgan fingerprint density at radius 1 is 1.10 bits per heavy atom. The van der Waals surface area contributed by atoms with Crippen LogP contribution >= 0.6 is 0 Å². The van der Waals surface area contributed by atoms with Crippen LogP contribution in [0, 0.1) is 0 Å². The standard InChI is InChI=1S/C16H28N2O2/c1-4-5-9-12-18-14(20)15(2,3)17-13(19)16(18)10-7-6-8-11-16/h4-12H2,1-3H3,(H,17,19). The summed E-state index contributed by atoms with van der Waals surface area (Å²) in [6.45, 7) is 6.51. The zero-order chi connectivity index (χ0) is 14.8. The Bertz CT molecular complexity index is 384. The molecule has 4 nitrogen and oxygen atoms in total. The zero-order valence-corrected chi connectivity index (χ0v) is 13.1. The maximum Gasteiger partial charge on any atom is 0.248 e. The van der Waals surface area contributed by atoms with Gasteiger partial charge < -0.3 is 10.2 Å². The molecule has 1 heterocycles. The van der Waals surface area contributed by atoms with Crippen LogP contribution in [0.1, 0.15) is 72.1 Å². The SMILES string of the molecule is CCCCCN1C(=O)C(C)(C)NC(=O)C12CCCCC2. The summed E-state index contributed by atoms with van der Waals surface area (Å²) in [6.07, 6.45) is 8.16. The number of amides is 2. The maximum atomic E-state index is 12.8. The van der Waals surface area contributed by atoms with Gasteiger partial charge >= 0.3 is 0 Å². The monoisotopic (exact) mass is 280 g/mol. The van der Waals surface area contributed by atoms with Gasteiger partial charge in [0.15, 0.2) is 0 Å². The Hall–Kier alpha value is -1.06. The fourth-order valence-corrected chi connectivity index (χ4v) is 3.58. The molecule has 0 unspecified atom stereocenters. The Morgan fingerprint density at radius 2 is 1.75 bits per heavy atom. The highest BCUT2D eigenvalue weighted by Gasteiger charge is 2.54. The quantitative estimate of drug-likeness (QED) is 0.805. The van der Waals surface area contributed by atoms with Crippen LogP contribution in [0.25, 0.3) is 0 Å². The van der Waals surface area contributed by atoms with E-state index in [9.17, 15) is 9.59 Å². The molecule has 1 spiro atoms. The predicted molar refractivity (Wildman–Crippen MR) is 79.3 cm³/mol. The molecule has 0 aromatic carbocycles. The van der Waals surface area contributed by atoms with Crippen molar-refractivity contribution in [2.45, 2.75) is 83.2 Å². The van der Waals surface area contributed by atoms with Crippen molar-refractivity contribution < 1.29 is 9.59 Å². The largest absolute Gasteiger partial charge is 0.340 e. The number of piperazine rings is 1. The first-order valence-corrected chi connectivity index (χ1v) is 8.09. The van der Waals surface area contributed by atoms with Crippen LogP contribution < -0.4 is 5.32 Å². The average Bonchev–Trinajstić information content (AvgIpc) is 2.42. The molecule has 20 heavy (non-hydrogen) atoms. The number of carbonyl (C=O) groups is 2. The van der Waals surface area contributed by atoms with Gasteiger partial charge in [-0.1, -0.05) is 39.0 Å². The Kier molecular flexibility index (Phi) is 4.40. The van der Waals surface area contributed by atoms with Crippen molar-refractivity contribution in [3.05, 3.63) is 0 Å². The second-order valence-electron chi connectivity index (χ2n) is 6.84. The number of unbranched alkanes of at least 4 members (excludes halogenated alkanes) is 2. The molecule has 2 rings (SSSR count). The molecule has 2 fully saturated rings. The summed E-state index contributed by atoms with van der Waals surface area (Å²) in [4.78, 5) is 27.4. The lowest BCUT2D eigenvalue weighted by atomic mass is 9.75. The van der Waals surface area contributed by atoms with Crippen molar-refractivity contribution in [1.29, 1.82) is 0 Å². The molecule has 0 aromatic heterocycles. The second kappa shape index (κ2) is 5.74. The van der Waals surface area contributed by atoms with Gasteiger partial charge in [0.25, 0.3) is 0 Å². The minimum absolute atomic E-state index is 0.0679. The van der Waals surface area contributed by atoms with E-state index in [4.69, 9.17) is 0 Å². The van der Waals surface area contributed by atoms with Crippen LogP contribution in [0.3, 0.4) is 0 Å². The Labute approximate surface area is 122 Å². The van der Waals surface area contributed by atoms with Gasteiger partial charge in [0.2, 0.25) is 11.8 Å². The molecule has 4 heteroatoms. The number of hydrogen-bond acceptors (Lipinski definition) is 2. The van der Waals surface area contributed by atoms with Crippen molar-refractivity contribution in [2.24, 2.45) is 0 Å². The minimum Gasteiger partial charge on any atom is -0.340 e. The second-order valence-corrected chi connectivity index (χ2v) is 6.84. The maximum absolute atomic E-state index is 12.8. The number of rotatable bonds is 4. The fraction of sp³-hybridized carbons (Fsp3) is 0.875. The fourth-order valence-electron chi connectivity index (χ4n) is 3.58. The molecule has 1 N–H and O–H groups in total. The molecule has 1 saturated carbocycles. The first kappa shape index (κ1) is 15.3. The number of nitrogens with zero attached hydrogens (tertiary/aromatic N) is 1. The van der Waals surface area contributed by atoms with Crippen LogP contribution in [0.4, 0.5) is 0 Å². The molecule has 0 bridgehead atoms. The van der Waals surface area contributed by atoms with Crippen molar-refractivity contribution in [3.8, 4) is 0 Å². The van der Waals surface area contributed by atoms with E-state index in [0.717, 1.165) is 51.5 Å². The van der Waals surface area contributed by atoms with Gasteiger partial charge in [-0.15, -0.1) is 0 Å². The molecule has 2 aliphatic rings. The molecule has 0 atom stereocenters. The summed E-state index contributed by atoms with van der Waals surface area (Å²) in [7, 11) is 0. The molecule has 0 radical (unpaired) electrons. The lowest BCUT2D eigenvalue weighted by Gasteiger charge is -2.52. The number of nitrogens with one attached hydrogen (secondary N) is 1. The van der Waals surface area contributed by atoms with E-state index in [0.29, 0.717) is 0 Å². The summed E-state index contributed by atoms with van der Waals surface area (Å²) in [5, 5.41) is 2.96.